The van der Waals surface area contributed by atoms with E-state index in [-0.39, 0.29) is 12.4 Å². The molecule has 0 aromatic heterocycles. The van der Waals surface area contributed by atoms with Crippen LogP contribution in [0.15, 0.2) is 42.5 Å². The molecule has 1 amide bonds. The molecule has 2 aromatic carbocycles. The van der Waals surface area contributed by atoms with Gasteiger partial charge in [-0.1, -0.05) is 12.1 Å². The first-order valence-corrected chi connectivity index (χ1v) is 6.21. The molecule has 0 saturated carbocycles. The lowest BCUT2D eigenvalue weighted by Crippen LogP contribution is -2.21. The second-order valence-electron chi connectivity index (χ2n) is 4.22. The smallest absolute Gasteiger partial charge is 0.262 e. The van der Waals surface area contributed by atoms with Gasteiger partial charge < -0.3 is 20.5 Å². The summed E-state index contributed by atoms with van der Waals surface area (Å²) in [6.45, 7) is -0.313. The third-order valence-electron chi connectivity index (χ3n) is 2.73. The van der Waals surface area contributed by atoms with Crippen LogP contribution in [0.1, 0.15) is 0 Å². The molecular formula is C15H15FN2O3. The topological polar surface area (TPSA) is 73.6 Å². The minimum atomic E-state index is -0.519. The zero-order valence-electron chi connectivity index (χ0n) is 11.4. The van der Waals surface area contributed by atoms with E-state index in [2.05, 4.69) is 5.32 Å². The summed E-state index contributed by atoms with van der Waals surface area (Å²) >= 11 is 0. The molecule has 0 saturated heterocycles. The molecule has 21 heavy (non-hydrogen) atoms. The lowest BCUT2D eigenvalue weighted by molar-refractivity contribution is -0.118. The first kappa shape index (κ1) is 14.6. The third kappa shape index (κ3) is 3.85. The number of para-hydroxylation sites is 1. The first-order valence-electron chi connectivity index (χ1n) is 6.21. The van der Waals surface area contributed by atoms with Crippen molar-refractivity contribution >= 4 is 17.3 Å². The number of carbonyl (C=O) groups is 1. The summed E-state index contributed by atoms with van der Waals surface area (Å²) < 4.78 is 23.4. The summed E-state index contributed by atoms with van der Waals surface area (Å²) in [4.78, 5) is 11.8. The lowest BCUT2D eigenvalue weighted by Gasteiger charge is -2.10. The fourth-order valence-corrected chi connectivity index (χ4v) is 1.67. The molecule has 0 aliphatic carbocycles. The molecule has 0 radical (unpaired) electrons. The number of nitrogen functional groups attached to an aromatic ring is 1. The maximum Gasteiger partial charge on any atom is 0.262 e. The summed E-state index contributed by atoms with van der Waals surface area (Å²) in [7, 11) is 1.52. The number of anilines is 2. The van der Waals surface area contributed by atoms with E-state index in [0.717, 1.165) is 0 Å². The molecule has 2 aromatic rings. The monoisotopic (exact) mass is 290 g/mol. The van der Waals surface area contributed by atoms with Crippen molar-refractivity contribution in [2.24, 2.45) is 0 Å². The Morgan fingerprint density at radius 3 is 2.71 bits per heavy atom. The van der Waals surface area contributed by atoms with Crippen molar-refractivity contribution in [1.82, 2.24) is 0 Å². The van der Waals surface area contributed by atoms with Crippen LogP contribution in [0.3, 0.4) is 0 Å². The third-order valence-corrected chi connectivity index (χ3v) is 2.73. The fourth-order valence-electron chi connectivity index (χ4n) is 1.67. The van der Waals surface area contributed by atoms with E-state index in [4.69, 9.17) is 15.2 Å². The average Bonchev–Trinajstić information content (AvgIpc) is 2.48. The molecule has 0 spiro atoms. The van der Waals surface area contributed by atoms with Crippen molar-refractivity contribution in [3.05, 3.63) is 48.3 Å². The molecule has 0 fully saturated rings. The number of rotatable bonds is 5. The number of nitrogens with one attached hydrogen (secondary N) is 1. The molecule has 5 nitrogen and oxygen atoms in total. The summed E-state index contributed by atoms with van der Waals surface area (Å²) in [5.74, 6) is -0.340. The van der Waals surface area contributed by atoms with E-state index < -0.39 is 11.7 Å². The predicted molar refractivity (Wildman–Crippen MR) is 77.9 cm³/mol. The fraction of sp³-hybridized carbons (Fsp3) is 0.133. The number of hydrogen-bond donors (Lipinski definition) is 2. The number of hydrogen-bond acceptors (Lipinski definition) is 4. The normalized spacial score (nSPS) is 10.0. The van der Waals surface area contributed by atoms with Crippen molar-refractivity contribution in [2.75, 3.05) is 24.8 Å². The highest BCUT2D eigenvalue weighted by Gasteiger charge is 2.09. The van der Waals surface area contributed by atoms with E-state index >= 15 is 0 Å². The minimum Gasteiger partial charge on any atom is -0.497 e. The highest BCUT2D eigenvalue weighted by Crippen LogP contribution is 2.24. The van der Waals surface area contributed by atoms with Crippen LogP contribution < -0.4 is 20.5 Å². The van der Waals surface area contributed by atoms with Crippen LogP contribution in [0.4, 0.5) is 15.8 Å². The van der Waals surface area contributed by atoms with E-state index in [1.54, 1.807) is 30.3 Å². The van der Waals surface area contributed by atoms with Crippen molar-refractivity contribution in [2.45, 2.75) is 0 Å². The van der Waals surface area contributed by atoms with Crippen LogP contribution >= 0.6 is 0 Å². The van der Waals surface area contributed by atoms with Crippen LogP contribution in [0.2, 0.25) is 0 Å². The van der Waals surface area contributed by atoms with Gasteiger partial charge in [-0.25, -0.2) is 4.39 Å². The Bertz CT molecular complexity index is 647. The van der Waals surface area contributed by atoms with Crippen LogP contribution in [0, 0.1) is 5.82 Å². The summed E-state index contributed by atoms with van der Waals surface area (Å²) in [5, 5.41) is 2.58. The van der Waals surface area contributed by atoms with Gasteiger partial charge >= 0.3 is 0 Å². The number of carbonyl (C=O) groups excluding carboxylic acids is 1. The maximum atomic E-state index is 13.3. The molecule has 0 atom stereocenters. The van der Waals surface area contributed by atoms with Crippen molar-refractivity contribution in [3.63, 3.8) is 0 Å². The number of nitrogens with two attached hydrogens (primary N) is 1. The largest absolute Gasteiger partial charge is 0.497 e. The summed E-state index contributed by atoms with van der Waals surface area (Å²) in [5.41, 5.74) is 6.59. The van der Waals surface area contributed by atoms with E-state index in [0.29, 0.717) is 17.1 Å². The van der Waals surface area contributed by atoms with Crippen LogP contribution in [0.25, 0.3) is 0 Å². The van der Waals surface area contributed by atoms with Crippen molar-refractivity contribution in [1.29, 1.82) is 0 Å². The quantitative estimate of drug-likeness (QED) is 0.829. The molecule has 0 heterocycles. The lowest BCUT2D eigenvalue weighted by atomic mass is 10.2. The average molecular weight is 290 g/mol. The Morgan fingerprint density at radius 2 is 2.05 bits per heavy atom. The molecule has 0 aliphatic heterocycles. The van der Waals surface area contributed by atoms with E-state index in [1.165, 1.54) is 19.2 Å². The Morgan fingerprint density at radius 1 is 1.29 bits per heavy atom. The molecule has 6 heteroatoms. The molecule has 3 N–H and O–H groups in total. The van der Waals surface area contributed by atoms with Gasteiger partial charge in [0.1, 0.15) is 5.75 Å². The van der Waals surface area contributed by atoms with Crippen molar-refractivity contribution < 1.29 is 18.7 Å². The molecule has 0 unspecified atom stereocenters. The van der Waals surface area contributed by atoms with Crippen molar-refractivity contribution in [3.8, 4) is 11.5 Å². The molecule has 110 valence electrons. The Hall–Kier alpha value is -2.76. The Kier molecular flexibility index (Phi) is 4.61. The number of methoxy groups -OCH3 is 1. The van der Waals surface area contributed by atoms with Crippen LogP contribution in [-0.2, 0) is 4.79 Å². The first-order chi connectivity index (χ1) is 10.1. The standard InChI is InChI=1S/C15H15FN2O3/c1-20-10-6-7-13(12(17)8-10)18-15(19)9-21-14-5-3-2-4-11(14)16/h2-8H,9,17H2,1H3,(H,18,19). The van der Waals surface area contributed by atoms with Gasteiger partial charge in [-0.2, -0.15) is 0 Å². The van der Waals surface area contributed by atoms with Crippen LogP contribution in [0.5, 0.6) is 11.5 Å². The predicted octanol–water partition coefficient (Wildman–Crippen LogP) is 2.43. The van der Waals surface area contributed by atoms with Gasteiger partial charge in [-0.05, 0) is 24.3 Å². The Labute approximate surface area is 121 Å². The number of ether oxygens (including phenoxy) is 2. The van der Waals surface area contributed by atoms with Gasteiger partial charge in [-0.15, -0.1) is 0 Å². The van der Waals surface area contributed by atoms with Gasteiger partial charge in [0.25, 0.3) is 5.91 Å². The molecular weight excluding hydrogens is 275 g/mol. The number of amides is 1. The Balaban J connectivity index is 1.95. The molecule has 2 rings (SSSR count). The van der Waals surface area contributed by atoms with Gasteiger partial charge in [0.05, 0.1) is 18.5 Å². The van der Waals surface area contributed by atoms with Crippen LogP contribution in [-0.4, -0.2) is 19.6 Å². The van der Waals surface area contributed by atoms with E-state index in [1.807, 2.05) is 0 Å². The molecule has 0 aliphatic rings. The number of halogens is 1. The second-order valence-corrected chi connectivity index (χ2v) is 4.22. The van der Waals surface area contributed by atoms with E-state index in [9.17, 15) is 9.18 Å². The number of benzene rings is 2. The zero-order valence-corrected chi connectivity index (χ0v) is 11.4. The molecule has 0 bridgehead atoms. The van der Waals surface area contributed by atoms with Gasteiger partial charge in [0, 0.05) is 6.07 Å². The highest BCUT2D eigenvalue weighted by atomic mass is 19.1. The second kappa shape index (κ2) is 6.60. The zero-order chi connectivity index (χ0) is 15.2. The van der Waals surface area contributed by atoms with Gasteiger partial charge in [0.2, 0.25) is 0 Å². The summed E-state index contributed by atoms with van der Waals surface area (Å²) in [6, 6.07) is 10.8. The van der Waals surface area contributed by atoms with Gasteiger partial charge in [0.15, 0.2) is 18.2 Å². The minimum absolute atomic E-state index is 0.0235. The maximum absolute atomic E-state index is 13.3. The highest BCUT2D eigenvalue weighted by molar-refractivity contribution is 5.95. The van der Waals surface area contributed by atoms with Gasteiger partial charge in [-0.3, -0.25) is 4.79 Å². The SMILES string of the molecule is COc1ccc(NC(=O)COc2ccccc2F)c(N)c1. The summed E-state index contributed by atoms with van der Waals surface area (Å²) in [6.07, 6.45) is 0.